The van der Waals surface area contributed by atoms with Gasteiger partial charge in [0.25, 0.3) is 0 Å². The van der Waals surface area contributed by atoms with Gasteiger partial charge in [-0.2, -0.15) is 0 Å². The Balaban J connectivity index is 1.76. The normalized spacial score (nSPS) is 14.0. The molecular formula is C23H32ClN3O4S. The summed E-state index contributed by atoms with van der Waals surface area (Å²) < 4.78 is 18.0. The number of nitrogens with one attached hydrogen (secondary N) is 1. The summed E-state index contributed by atoms with van der Waals surface area (Å²) in [4.78, 5) is 18.3. The van der Waals surface area contributed by atoms with Crippen LogP contribution < -0.4 is 19.7 Å². The van der Waals surface area contributed by atoms with Crippen LogP contribution in [0.25, 0.3) is 0 Å². The standard InChI is InChI=1S/C23H32ClN3O4S/c1-4-26(15-17-7-8-22(24)32-17)16-23(28)25-18-13-21(31-6-3)19(14-20(18)30-5-2)27-9-11-29-12-10-27/h7-8,13-14H,4-6,9-12,15-16H2,1-3H3,(H,25,28). The maximum absolute atomic E-state index is 12.9. The minimum atomic E-state index is -0.1000. The first-order valence-electron chi connectivity index (χ1n) is 11.1. The first-order chi connectivity index (χ1) is 15.5. The SMILES string of the molecule is CCOc1cc(N2CCOCC2)c(OCC)cc1NC(=O)CN(CC)Cc1ccc(Cl)s1. The van der Waals surface area contributed by atoms with E-state index in [9.17, 15) is 4.79 Å². The second-order valence-electron chi connectivity index (χ2n) is 7.34. The van der Waals surface area contributed by atoms with E-state index in [0.717, 1.165) is 40.3 Å². The van der Waals surface area contributed by atoms with Gasteiger partial charge in [-0.15, -0.1) is 11.3 Å². The fraction of sp³-hybridized carbons (Fsp3) is 0.522. The van der Waals surface area contributed by atoms with Gasteiger partial charge < -0.3 is 24.4 Å². The van der Waals surface area contributed by atoms with Crippen LogP contribution in [0.5, 0.6) is 11.5 Å². The van der Waals surface area contributed by atoms with Crippen molar-refractivity contribution in [2.45, 2.75) is 27.3 Å². The smallest absolute Gasteiger partial charge is 0.238 e. The summed E-state index contributed by atoms with van der Waals surface area (Å²) in [5.41, 5.74) is 1.58. The van der Waals surface area contributed by atoms with Crippen molar-refractivity contribution < 1.29 is 19.0 Å². The lowest BCUT2D eigenvalue weighted by molar-refractivity contribution is -0.117. The van der Waals surface area contributed by atoms with Gasteiger partial charge in [0.1, 0.15) is 11.5 Å². The summed E-state index contributed by atoms with van der Waals surface area (Å²) in [5.74, 6) is 1.27. The summed E-state index contributed by atoms with van der Waals surface area (Å²) in [5, 5.41) is 3.03. The maximum Gasteiger partial charge on any atom is 0.238 e. The van der Waals surface area contributed by atoms with Crippen molar-refractivity contribution in [3.63, 3.8) is 0 Å². The van der Waals surface area contributed by atoms with Crippen molar-refractivity contribution in [3.8, 4) is 11.5 Å². The highest BCUT2D eigenvalue weighted by atomic mass is 35.5. The largest absolute Gasteiger partial charge is 0.492 e. The van der Waals surface area contributed by atoms with E-state index in [1.54, 1.807) is 0 Å². The van der Waals surface area contributed by atoms with Crippen LogP contribution in [0, 0.1) is 0 Å². The average Bonchev–Trinajstić information content (AvgIpc) is 3.20. The van der Waals surface area contributed by atoms with Crippen LogP contribution in [0.3, 0.4) is 0 Å². The third-order valence-corrected chi connectivity index (χ3v) is 6.33. The van der Waals surface area contributed by atoms with E-state index < -0.39 is 0 Å². The zero-order chi connectivity index (χ0) is 22.9. The van der Waals surface area contributed by atoms with Crippen LogP contribution in [-0.2, 0) is 16.1 Å². The molecule has 1 aliphatic rings. The molecule has 1 saturated heterocycles. The fourth-order valence-corrected chi connectivity index (χ4v) is 4.70. The summed E-state index contributed by atoms with van der Waals surface area (Å²) in [7, 11) is 0. The van der Waals surface area contributed by atoms with Gasteiger partial charge >= 0.3 is 0 Å². The molecule has 2 heterocycles. The predicted molar refractivity (Wildman–Crippen MR) is 131 cm³/mol. The number of rotatable bonds is 11. The molecule has 1 aliphatic heterocycles. The predicted octanol–water partition coefficient (Wildman–Crippen LogP) is 4.50. The Kier molecular flexibility index (Phi) is 9.47. The van der Waals surface area contributed by atoms with E-state index in [4.69, 9.17) is 25.8 Å². The Morgan fingerprint density at radius 2 is 1.88 bits per heavy atom. The molecule has 0 bridgehead atoms. The van der Waals surface area contributed by atoms with Crippen LogP contribution in [0.4, 0.5) is 11.4 Å². The summed E-state index contributed by atoms with van der Waals surface area (Å²) in [6.45, 7) is 11.6. The van der Waals surface area contributed by atoms with E-state index in [1.807, 2.05) is 45.0 Å². The van der Waals surface area contributed by atoms with Crippen molar-refractivity contribution in [1.82, 2.24) is 4.90 Å². The Morgan fingerprint density at radius 1 is 1.16 bits per heavy atom. The quantitative estimate of drug-likeness (QED) is 0.510. The van der Waals surface area contributed by atoms with Crippen molar-refractivity contribution in [2.24, 2.45) is 0 Å². The van der Waals surface area contributed by atoms with Crippen molar-refractivity contribution in [3.05, 3.63) is 33.5 Å². The number of halogens is 1. The molecule has 0 spiro atoms. The van der Waals surface area contributed by atoms with Gasteiger partial charge in [-0.3, -0.25) is 9.69 Å². The number of thiophene rings is 1. The molecule has 1 aromatic carbocycles. The van der Waals surface area contributed by atoms with E-state index >= 15 is 0 Å². The summed E-state index contributed by atoms with van der Waals surface area (Å²) in [6.07, 6.45) is 0. The molecule has 0 unspecified atom stereocenters. The van der Waals surface area contributed by atoms with E-state index in [-0.39, 0.29) is 12.5 Å². The lowest BCUT2D eigenvalue weighted by atomic mass is 10.2. The molecule has 1 fully saturated rings. The Bertz CT molecular complexity index is 886. The molecule has 176 valence electrons. The number of hydrogen-bond acceptors (Lipinski definition) is 7. The molecule has 9 heteroatoms. The van der Waals surface area contributed by atoms with Crippen LogP contribution in [0.1, 0.15) is 25.6 Å². The maximum atomic E-state index is 12.9. The van der Waals surface area contributed by atoms with Gasteiger partial charge in [-0.05, 0) is 32.5 Å². The zero-order valence-electron chi connectivity index (χ0n) is 19.0. The number of carbonyl (C=O) groups excluding carboxylic acids is 1. The van der Waals surface area contributed by atoms with E-state index in [2.05, 4.69) is 15.1 Å². The number of benzene rings is 1. The highest BCUT2D eigenvalue weighted by Crippen LogP contribution is 2.39. The summed E-state index contributed by atoms with van der Waals surface area (Å²) >= 11 is 7.58. The Hall–Kier alpha value is -2.00. The number of morpholine rings is 1. The van der Waals surface area contributed by atoms with Gasteiger partial charge in [0.2, 0.25) is 5.91 Å². The molecule has 2 aromatic rings. The molecular weight excluding hydrogens is 450 g/mol. The van der Waals surface area contributed by atoms with Crippen molar-refractivity contribution in [2.75, 3.05) is 62.8 Å². The van der Waals surface area contributed by atoms with E-state index in [0.29, 0.717) is 44.4 Å². The van der Waals surface area contributed by atoms with Gasteiger partial charge in [-0.25, -0.2) is 0 Å². The van der Waals surface area contributed by atoms with Gasteiger partial charge in [0.15, 0.2) is 0 Å². The van der Waals surface area contributed by atoms with Gasteiger partial charge in [0.05, 0.1) is 48.7 Å². The van der Waals surface area contributed by atoms with Crippen LogP contribution in [0.2, 0.25) is 4.34 Å². The number of carbonyl (C=O) groups is 1. The van der Waals surface area contributed by atoms with Gasteiger partial charge in [0, 0.05) is 36.6 Å². The third-order valence-electron chi connectivity index (χ3n) is 5.11. The van der Waals surface area contributed by atoms with Crippen LogP contribution in [0.15, 0.2) is 24.3 Å². The molecule has 0 atom stereocenters. The molecule has 0 aliphatic carbocycles. The third kappa shape index (κ3) is 6.75. The van der Waals surface area contributed by atoms with E-state index in [1.165, 1.54) is 11.3 Å². The minimum Gasteiger partial charge on any atom is -0.492 e. The zero-order valence-corrected chi connectivity index (χ0v) is 20.6. The van der Waals surface area contributed by atoms with Crippen LogP contribution >= 0.6 is 22.9 Å². The molecule has 0 saturated carbocycles. The molecule has 0 radical (unpaired) electrons. The molecule has 1 N–H and O–H groups in total. The lowest BCUT2D eigenvalue weighted by Crippen LogP contribution is -2.36. The first kappa shape index (κ1) is 24.6. The molecule has 32 heavy (non-hydrogen) atoms. The Labute approximate surface area is 199 Å². The topological polar surface area (TPSA) is 63.3 Å². The van der Waals surface area contributed by atoms with Crippen molar-refractivity contribution in [1.29, 1.82) is 0 Å². The van der Waals surface area contributed by atoms with Gasteiger partial charge in [-0.1, -0.05) is 18.5 Å². The number of anilines is 2. The number of hydrogen-bond donors (Lipinski definition) is 1. The number of ether oxygens (including phenoxy) is 3. The monoisotopic (exact) mass is 481 g/mol. The summed E-state index contributed by atoms with van der Waals surface area (Å²) in [6, 6.07) is 7.71. The average molecular weight is 482 g/mol. The molecule has 3 rings (SSSR count). The highest BCUT2D eigenvalue weighted by molar-refractivity contribution is 7.16. The molecule has 1 aromatic heterocycles. The highest BCUT2D eigenvalue weighted by Gasteiger charge is 2.21. The Morgan fingerprint density at radius 3 is 2.50 bits per heavy atom. The second kappa shape index (κ2) is 12.3. The first-order valence-corrected chi connectivity index (χ1v) is 12.3. The number of amides is 1. The number of nitrogens with zero attached hydrogens (tertiary/aromatic N) is 2. The molecule has 1 amide bonds. The second-order valence-corrected chi connectivity index (χ2v) is 9.14. The minimum absolute atomic E-state index is 0.1000. The molecule has 7 nitrogen and oxygen atoms in total. The van der Waals surface area contributed by atoms with Crippen molar-refractivity contribution >= 4 is 40.2 Å². The lowest BCUT2D eigenvalue weighted by Gasteiger charge is -2.31. The fourth-order valence-electron chi connectivity index (χ4n) is 3.57. The number of likely N-dealkylation sites (N-methyl/N-ethyl adjacent to an activating group) is 1. The van der Waals surface area contributed by atoms with Crippen LogP contribution in [-0.4, -0.2) is 63.4 Å².